The molecule has 0 aliphatic rings. The van der Waals surface area contributed by atoms with Gasteiger partial charge in [-0.25, -0.2) is 0 Å². The molecule has 0 spiro atoms. The van der Waals surface area contributed by atoms with Crippen LogP contribution >= 0.6 is 12.4 Å². The van der Waals surface area contributed by atoms with Gasteiger partial charge in [0.1, 0.15) is 0 Å². The lowest BCUT2D eigenvalue weighted by molar-refractivity contribution is 0.263. The summed E-state index contributed by atoms with van der Waals surface area (Å²) in [5.41, 5.74) is 0.866. The van der Waals surface area contributed by atoms with Crippen LogP contribution in [0.4, 0.5) is 0 Å². The zero-order valence-electron chi connectivity index (χ0n) is 10.7. The summed E-state index contributed by atoms with van der Waals surface area (Å²) < 4.78 is 0. The van der Waals surface area contributed by atoms with E-state index < -0.39 is 0 Å². The summed E-state index contributed by atoms with van der Waals surface area (Å²) in [5, 5.41) is 0. The molecule has 0 amide bonds. The molecule has 0 aromatic heterocycles. The van der Waals surface area contributed by atoms with Gasteiger partial charge >= 0.3 is 0 Å². The van der Waals surface area contributed by atoms with Gasteiger partial charge in [-0.05, 0) is 51.9 Å². The Balaban J connectivity index is 0.00000256. The maximum atomic E-state index is 3.13. The third-order valence-electron chi connectivity index (χ3n) is 2.53. The number of benzene rings is 1. The number of nitrogens with zero attached hydrogens (tertiary/aromatic N) is 1. The largest absolute Gasteiger partial charge is 0.294 e. The summed E-state index contributed by atoms with van der Waals surface area (Å²) in [7, 11) is 4.03. The van der Waals surface area contributed by atoms with Gasteiger partial charge in [-0.3, -0.25) is 4.90 Å². The highest BCUT2D eigenvalue weighted by molar-refractivity contribution is 5.85. The van der Waals surface area contributed by atoms with Crippen LogP contribution in [0.5, 0.6) is 0 Å². The Morgan fingerprint density at radius 3 is 2.12 bits per heavy atom. The van der Waals surface area contributed by atoms with Crippen molar-refractivity contribution in [3.63, 3.8) is 0 Å². The Labute approximate surface area is 111 Å². The summed E-state index contributed by atoms with van der Waals surface area (Å²) in [6.07, 6.45) is 0. The Morgan fingerprint density at radius 1 is 1.00 bits per heavy atom. The Morgan fingerprint density at radius 2 is 1.59 bits per heavy atom. The van der Waals surface area contributed by atoms with E-state index in [1.165, 1.54) is 0 Å². The molecular formula is C15H18ClN. The van der Waals surface area contributed by atoms with Crippen LogP contribution in [-0.4, -0.2) is 24.5 Å². The summed E-state index contributed by atoms with van der Waals surface area (Å²) in [6, 6.07) is 9.88. The molecule has 1 aromatic carbocycles. The van der Waals surface area contributed by atoms with Crippen molar-refractivity contribution < 1.29 is 0 Å². The van der Waals surface area contributed by atoms with Gasteiger partial charge in [0.2, 0.25) is 0 Å². The highest BCUT2D eigenvalue weighted by Gasteiger charge is 2.15. The van der Waals surface area contributed by atoms with Gasteiger partial charge in [0, 0.05) is 5.56 Å². The first kappa shape index (κ1) is 15.6. The van der Waals surface area contributed by atoms with Gasteiger partial charge in [0.15, 0.2) is 0 Å². The third kappa shape index (κ3) is 5.45. The lowest BCUT2D eigenvalue weighted by Gasteiger charge is -2.26. The quantitative estimate of drug-likeness (QED) is 0.690. The monoisotopic (exact) mass is 247 g/mol. The molecule has 0 radical (unpaired) electrons. The molecule has 0 heterocycles. The Hall–Kier alpha value is -1.41. The first-order valence-corrected chi connectivity index (χ1v) is 5.28. The van der Waals surface area contributed by atoms with E-state index in [0.717, 1.165) is 5.56 Å². The van der Waals surface area contributed by atoms with Crippen LogP contribution in [-0.2, 0) is 0 Å². The van der Waals surface area contributed by atoms with Crippen molar-refractivity contribution in [1.82, 2.24) is 4.90 Å². The minimum atomic E-state index is -0.134. The molecule has 0 fully saturated rings. The maximum absolute atomic E-state index is 3.13. The molecule has 17 heavy (non-hydrogen) atoms. The second kappa shape index (κ2) is 7.02. The Kier molecular flexibility index (Phi) is 6.44. The van der Waals surface area contributed by atoms with Crippen molar-refractivity contribution in [3.8, 4) is 23.7 Å². The van der Waals surface area contributed by atoms with Crippen molar-refractivity contribution in [2.45, 2.75) is 19.4 Å². The molecule has 0 aliphatic heterocycles. The van der Waals surface area contributed by atoms with Crippen LogP contribution in [0.15, 0.2) is 30.3 Å². The predicted octanol–water partition coefficient (Wildman–Crippen LogP) is 2.80. The van der Waals surface area contributed by atoms with Crippen LogP contribution < -0.4 is 0 Å². The molecule has 0 bridgehead atoms. The van der Waals surface area contributed by atoms with Crippen LogP contribution in [0.3, 0.4) is 0 Å². The zero-order chi connectivity index (χ0) is 12.0. The number of halogens is 1. The van der Waals surface area contributed by atoms with E-state index in [1.807, 2.05) is 44.4 Å². The standard InChI is InChI=1S/C15H17N.ClH/c1-15(2,16(3)4)13-9-8-12-14-10-6-5-7-11-14;/h5-7,10-11H,1-4H3;1H. The van der Waals surface area contributed by atoms with Crippen molar-refractivity contribution in [3.05, 3.63) is 35.9 Å². The lowest BCUT2D eigenvalue weighted by atomic mass is 10.1. The van der Waals surface area contributed by atoms with E-state index in [0.29, 0.717) is 0 Å². The molecule has 0 N–H and O–H groups in total. The highest BCUT2D eigenvalue weighted by atomic mass is 35.5. The molecule has 0 atom stereocenters. The SMILES string of the molecule is CN(C)C(C)(C)C#CC#Cc1ccccc1.Cl. The lowest BCUT2D eigenvalue weighted by Crippen LogP contribution is -2.36. The predicted molar refractivity (Wildman–Crippen MR) is 76.1 cm³/mol. The molecule has 0 saturated heterocycles. The van der Waals surface area contributed by atoms with Gasteiger partial charge in [-0.2, -0.15) is 0 Å². The van der Waals surface area contributed by atoms with Crippen LogP contribution in [0, 0.1) is 23.7 Å². The second-order valence-corrected chi connectivity index (χ2v) is 4.32. The number of hydrogen-bond acceptors (Lipinski definition) is 1. The molecular weight excluding hydrogens is 230 g/mol. The van der Waals surface area contributed by atoms with Gasteiger partial charge in [0.25, 0.3) is 0 Å². The average molecular weight is 248 g/mol. The molecule has 2 heteroatoms. The molecule has 0 aliphatic carbocycles. The van der Waals surface area contributed by atoms with Crippen molar-refractivity contribution in [2.24, 2.45) is 0 Å². The fourth-order valence-corrected chi connectivity index (χ4v) is 0.921. The summed E-state index contributed by atoms with van der Waals surface area (Å²) in [4.78, 5) is 2.07. The highest BCUT2D eigenvalue weighted by Crippen LogP contribution is 2.06. The fourth-order valence-electron chi connectivity index (χ4n) is 0.921. The van der Waals surface area contributed by atoms with E-state index in [1.54, 1.807) is 0 Å². The summed E-state index contributed by atoms with van der Waals surface area (Å²) >= 11 is 0. The van der Waals surface area contributed by atoms with Gasteiger partial charge in [-0.1, -0.05) is 30.0 Å². The molecule has 1 aromatic rings. The zero-order valence-corrected chi connectivity index (χ0v) is 11.6. The second-order valence-electron chi connectivity index (χ2n) is 4.32. The third-order valence-corrected chi connectivity index (χ3v) is 2.53. The van der Waals surface area contributed by atoms with E-state index in [9.17, 15) is 0 Å². The first-order valence-electron chi connectivity index (χ1n) is 5.28. The first-order chi connectivity index (χ1) is 7.52. The van der Waals surface area contributed by atoms with Crippen LogP contribution in [0.1, 0.15) is 19.4 Å². The smallest absolute Gasteiger partial charge is 0.0774 e. The van der Waals surface area contributed by atoms with Gasteiger partial charge in [-0.15, -0.1) is 12.4 Å². The van der Waals surface area contributed by atoms with E-state index in [-0.39, 0.29) is 17.9 Å². The molecule has 0 saturated carbocycles. The Bertz CT molecular complexity index is 452. The minimum Gasteiger partial charge on any atom is -0.294 e. The van der Waals surface area contributed by atoms with Crippen molar-refractivity contribution in [2.75, 3.05) is 14.1 Å². The summed E-state index contributed by atoms with van der Waals surface area (Å²) in [6.45, 7) is 4.15. The number of hydrogen-bond donors (Lipinski definition) is 0. The van der Waals surface area contributed by atoms with Crippen LogP contribution in [0.2, 0.25) is 0 Å². The van der Waals surface area contributed by atoms with Gasteiger partial charge in [0.05, 0.1) is 5.54 Å². The normalized spacial score (nSPS) is 9.47. The fraction of sp³-hybridized carbons (Fsp3) is 0.333. The topological polar surface area (TPSA) is 3.24 Å². The number of rotatable bonds is 1. The molecule has 1 rings (SSSR count). The van der Waals surface area contributed by atoms with Crippen molar-refractivity contribution in [1.29, 1.82) is 0 Å². The molecule has 90 valence electrons. The molecule has 1 nitrogen and oxygen atoms in total. The summed E-state index contributed by atoms with van der Waals surface area (Å²) in [5.74, 6) is 11.9. The average Bonchev–Trinajstić information content (AvgIpc) is 2.26. The van der Waals surface area contributed by atoms with E-state index in [4.69, 9.17) is 0 Å². The van der Waals surface area contributed by atoms with E-state index in [2.05, 4.69) is 42.4 Å². The van der Waals surface area contributed by atoms with Crippen LogP contribution in [0.25, 0.3) is 0 Å². The van der Waals surface area contributed by atoms with Crippen molar-refractivity contribution >= 4 is 12.4 Å². The maximum Gasteiger partial charge on any atom is 0.0774 e. The van der Waals surface area contributed by atoms with E-state index >= 15 is 0 Å². The molecule has 0 unspecified atom stereocenters. The van der Waals surface area contributed by atoms with Gasteiger partial charge < -0.3 is 0 Å². The minimum absolute atomic E-state index is 0.